The molecule has 8 nitrogen and oxygen atoms in total. The molecule has 0 N–H and O–H groups in total. The molecule has 23 heavy (non-hydrogen) atoms. The quantitative estimate of drug-likeness (QED) is 0.780. The minimum atomic E-state index is -0.0164. The number of piperidine rings is 1. The van der Waals surface area contributed by atoms with E-state index in [1.165, 1.54) is 12.2 Å². The van der Waals surface area contributed by atoms with Crippen molar-refractivity contribution in [1.82, 2.24) is 25.3 Å². The van der Waals surface area contributed by atoms with Gasteiger partial charge in [-0.3, -0.25) is 9.63 Å². The number of amides is 1. The van der Waals surface area contributed by atoms with Gasteiger partial charge in [0.1, 0.15) is 0 Å². The van der Waals surface area contributed by atoms with Crippen LogP contribution in [0.1, 0.15) is 12.8 Å². The van der Waals surface area contributed by atoms with E-state index in [-0.39, 0.29) is 11.8 Å². The number of anilines is 1. The number of para-hydroxylation sites is 1. The molecule has 0 atom stereocenters. The topological polar surface area (TPSA) is 76.4 Å². The van der Waals surface area contributed by atoms with E-state index in [1.54, 1.807) is 11.7 Å². The monoisotopic (exact) mass is 316 g/mol. The van der Waals surface area contributed by atoms with Crippen LogP contribution in [0.5, 0.6) is 0 Å². The molecule has 0 bridgehead atoms. The predicted octanol–water partition coefficient (Wildman–Crippen LogP) is 0.898. The fraction of sp³-hybridized carbons (Fsp3) is 0.467. The second-order valence-corrected chi connectivity index (χ2v) is 5.51. The van der Waals surface area contributed by atoms with Crippen LogP contribution in [0.3, 0.4) is 0 Å². The molecule has 8 heteroatoms. The minimum Gasteiger partial charge on any atom is -0.339 e. The van der Waals surface area contributed by atoms with Gasteiger partial charge in [0.15, 0.2) is 0 Å². The van der Waals surface area contributed by atoms with Crippen molar-refractivity contribution in [2.75, 3.05) is 32.1 Å². The molecule has 0 unspecified atom stereocenters. The number of benzene rings is 1. The van der Waals surface area contributed by atoms with Crippen LogP contribution >= 0.6 is 0 Å². The summed E-state index contributed by atoms with van der Waals surface area (Å²) in [5.41, 5.74) is 0.921. The van der Waals surface area contributed by atoms with E-state index in [1.807, 2.05) is 30.3 Å². The Morgan fingerprint density at radius 1 is 1.26 bits per heavy atom. The van der Waals surface area contributed by atoms with Crippen LogP contribution in [-0.2, 0) is 9.63 Å². The fourth-order valence-electron chi connectivity index (χ4n) is 2.79. The van der Waals surface area contributed by atoms with Crippen molar-refractivity contribution in [3.63, 3.8) is 0 Å². The van der Waals surface area contributed by atoms with Crippen LogP contribution < -0.4 is 4.90 Å². The van der Waals surface area contributed by atoms with Crippen LogP contribution in [0.15, 0.2) is 30.3 Å². The molecule has 0 radical (unpaired) electrons. The standard InChI is InChI=1S/C15H20N6O2/c1-19(23-2)14(22)12-8-10-20(11-9-12)15-16-17-18-21(15)13-6-4-3-5-7-13/h3-7,12H,8-11H2,1-2H3. The maximum Gasteiger partial charge on any atom is 0.250 e. The molecule has 0 saturated carbocycles. The number of carbonyl (C=O) groups is 1. The zero-order chi connectivity index (χ0) is 16.2. The largest absolute Gasteiger partial charge is 0.339 e. The fourth-order valence-corrected chi connectivity index (χ4v) is 2.79. The molecule has 0 spiro atoms. The summed E-state index contributed by atoms with van der Waals surface area (Å²) >= 11 is 0. The van der Waals surface area contributed by atoms with E-state index in [0.29, 0.717) is 5.95 Å². The van der Waals surface area contributed by atoms with Gasteiger partial charge in [0.25, 0.3) is 0 Å². The normalized spacial score (nSPS) is 15.7. The van der Waals surface area contributed by atoms with Gasteiger partial charge in [-0.2, -0.15) is 4.68 Å². The summed E-state index contributed by atoms with van der Waals surface area (Å²) in [5, 5.41) is 13.3. The zero-order valence-corrected chi connectivity index (χ0v) is 13.3. The van der Waals surface area contributed by atoms with Crippen LogP contribution in [0, 0.1) is 5.92 Å². The van der Waals surface area contributed by atoms with E-state index in [4.69, 9.17) is 4.84 Å². The Kier molecular flexibility index (Phi) is 4.52. The number of rotatable bonds is 4. The summed E-state index contributed by atoms with van der Waals surface area (Å²) in [6, 6.07) is 9.78. The molecule has 0 aliphatic carbocycles. The van der Waals surface area contributed by atoms with Crippen LogP contribution in [0.4, 0.5) is 5.95 Å². The van der Waals surface area contributed by atoms with Crippen molar-refractivity contribution in [1.29, 1.82) is 0 Å². The minimum absolute atomic E-state index is 0.0164. The first-order chi connectivity index (χ1) is 11.2. The van der Waals surface area contributed by atoms with Gasteiger partial charge in [-0.25, -0.2) is 5.06 Å². The molecule has 1 fully saturated rings. The van der Waals surface area contributed by atoms with Crippen LogP contribution in [-0.4, -0.2) is 58.4 Å². The third kappa shape index (κ3) is 3.16. The number of hydrogen-bond acceptors (Lipinski definition) is 6. The second kappa shape index (κ2) is 6.74. The van der Waals surface area contributed by atoms with Crippen molar-refractivity contribution in [3.8, 4) is 5.69 Å². The lowest BCUT2D eigenvalue weighted by atomic mass is 9.96. The molecular formula is C15H20N6O2. The number of hydroxylamine groups is 2. The van der Waals surface area contributed by atoms with E-state index in [2.05, 4.69) is 20.4 Å². The maximum atomic E-state index is 12.1. The van der Waals surface area contributed by atoms with Crippen LogP contribution in [0.2, 0.25) is 0 Å². The first-order valence-corrected chi connectivity index (χ1v) is 7.61. The molecule has 1 aliphatic rings. The molecule has 2 aromatic rings. The summed E-state index contributed by atoms with van der Waals surface area (Å²) in [5.74, 6) is 0.717. The summed E-state index contributed by atoms with van der Waals surface area (Å²) < 4.78 is 1.73. The molecular weight excluding hydrogens is 296 g/mol. The Labute approximate surface area is 134 Å². The van der Waals surface area contributed by atoms with Gasteiger partial charge in [0.2, 0.25) is 11.9 Å². The summed E-state index contributed by atoms with van der Waals surface area (Å²) in [6.45, 7) is 1.47. The third-order valence-corrected chi connectivity index (χ3v) is 4.17. The van der Waals surface area contributed by atoms with Gasteiger partial charge < -0.3 is 4.90 Å². The lowest BCUT2D eigenvalue weighted by molar-refractivity contribution is -0.174. The first kappa shape index (κ1) is 15.4. The highest BCUT2D eigenvalue weighted by atomic mass is 16.7. The van der Waals surface area contributed by atoms with Crippen LogP contribution in [0.25, 0.3) is 5.69 Å². The van der Waals surface area contributed by atoms with Gasteiger partial charge in [-0.1, -0.05) is 23.3 Å². The molecule has 1 amide bonds. The molecule has 3 rings (SSSR count). The Morgan fingerprint density at radius 3 is 2.61 bits per heavy atom. The van der Waals surface area contributed by atoms with Gasteiger partial charge in [-0.05, 0) is 35.4 Å². The van der Waals surface area contributed by atoms with Crippen molar-refractivity contribution in [3.05, 3.63) is 30.3 Å². The van der Waals surface area contributed by atoms with Crippen molar-refractivity contribution < 1.29 is 9.63 Å². The highest BCUT2D eigenvalue weighted by Gasteiger charge is 2.29. The first-order valence-electron chi connectivity index (χ1n) is 7.61. The lowest BCUT2D eigenvalue weighted by Crippen LogP contribution is -2.41. The molecule has 122 valence electrons. The van der Waals surface area contributed by atoms with Crippen molar-refractivity contribution in [2.45, 2.75) is 12.8 Å². The van der Waals surface area contributed by atoms with E-state index >= 15 is 0 Å². The van der Waals surface area contributed by atoms with E-state index in [9.17, 15) is 4.79 Å². The van der Waals surface area contributed by atoms with E-state index in [0.717, 1.165) is 31.6 Å². The van der Waals surface area contributed by atoms with Gasteiger partial charge in [0.05, 0.1) is 12.8 Å². The molecule has 1 saturated heterocycles. The smallest absolute Gasteiger partial charge is 0.250 e. The third-order valence-electron chi connectivity index (χ3n) is 4.17. The predicted molar refractivity (Wildman–Crippen MR) is 83.9 cm³/mol. The van der Waals surface area contributed by atoms with E-state index < -0.39 is 0 Å². The lowest BCUT2D eigenvalue weighted by Gasteiger charge is -2.32. The molecule has 1 aromatic heterocycles. The number of tetrazole rings is 1. The van der Waals surface area contributed by atoms with Gasteiger partial charge in [0, 0.05) is 26.1 Å². The Hall–Kier alpha value is -2.48. The number of hydrogen-bond donors (Lipinski definition) is 0. The Bertz CT molecular complexity index is 651. The summed E-state index contributed by atoms with van der Waals surface area (Å²) in [6.07, 6.45) is 1.52. The Balaban J connectivity index is 1.70. The number of nitrogens with zero attached hydrogens (tertiary/aromatic N) is 6. The average molecular weight is 316 g/mol. The number of aromatic nitrogens is 4. The average Bonchev–Trinajstić information content (AvgIpc) is 3.11. The summed E-state index contributed by atoms with van der Waals surface area (Å²) in [7, 11) is 3.14. The molecule has 1 aliphatic heterocycles. The zero-order valence-electron chi connectivity index (χ0n) is 13.3. The second-order valence-electron chi connectivity index (χ2n) is 5.51. The highest BCUT2D eigenvalue weighted by molar-refractivity contribution is 5.77. The summed E-state index contributed by atoms with van der Waals surface area (Å²) in [4.78, 5) is 19.2. The van der Waals surface area contributed by atoms with Gasteiger partial charge in [-0.15, -0.1) is 0 Å². The SMILES string of the molecule is CON(C)C(=O)C1CCN(c2nnnn2-c2ccccc2)CC1. The van der Waals surface area contributed by atoms with Crippen molar-refractivity contribution >= 4 is 11.9 Å². The number of carbonyl (C=O) groups excluding carboxylic acids is 1. The maximum absolute atomic E-state index is 12.1. The molecule has 2 heterocycles. The Morgan fingerprint density at radius 2 is 1.96 bits per heavy atom. The van der Waals surface area contributed by atoms with Crippen molar-refractivity contribution in [2.24, 2.45) is 5.92 Å². The highest BCUT2D eigenvalue weighted by Crippen LogP contribution is 2.24. The van der Waals surface area contributed by atoms with Gasteiger partial charge >= 0.3 is 0 Å². The molecule has 1 aromatic carbocycles.